The van der Waals surface area contributed by atoms with Crippen molar-refractivity contribution in [1.29, 1.82) is 0 Å². The van der Waals surface area contributed by atoms with Gasteiger partial charge in [0.05, 0.1) is 17.1 Å². The van der Waals surface area contributed by atoms with E-state index >= 15 is 0 Å². The van der Waals surface area contributed by atoms with E-state index in [4.69, 9.17) is 0 Å². The molecule has 1 aliphatic heterocycles. The number of aryl methyl sites for hydroxylation is 2. The number of rotatable bonds is 5. The van der Waals surface area contributed by atoms with Crippen LogP contribution in [0.1, 0.15) is 11.1 Å². The second-order valence-corrected chi connectivity index (χ2v) is 9.94. The molecule has 6 nitrogen and oxygen atoms in total. The van der Waals surface area contributed by atoms with Gasteiger partial charge < -0.3 is 5.32 Å². The molecule has 156 valence electrons. The Morgan fingerprint density at radius 2 is 1.79 bits per heavy atom. The largest absolute Gasteiger partial charge is 0.322 e. The molecule has 0 saturated carbocycles. The SMILES string of the molecule is Cc1ccc(C)c(S(=O)(=O)N2CCN(CC(=O)Nc3ccc(Br)cc3F)CC2)c1. The van der Waals surface area contributed by atoms with Crippen molar-refractivity contribution in [3.63, 3.8) is 0 Å². The van der Waals surface area contributed by atoms with Crippen molar-refractivity contribution in [2.45, 2.75) is 18.7 Å². The van der Waals surface area contributed by atoms with Crippen molar-refractivity contribution < 1.29 is 17.6 Å². The molecule has 1 N–H and O–H groups in total. The van der Waals surface area contributed by atoms with Crippen molar-refractivity contribution in [2.24, 2.45) is 0 Å². The number of nitrogens with zero attached hydrogens (tertiary/aromatic N) is 2. The lowest BCUT2D eigenvalue weighted by Crippen LogP contribution is -2.50. The van der Waals surface area contributed by atoms with Crippen LogP contribution in [0, 0.1) is 19.7 Å². The lowest BCUT2D eigenvalue weighted by Gasteiger charge is -2.33. The number of halogens is 2. The van der Waals surface area contributed by atoms with E-state index in [2.05, 4.69) is 21.2 Å². The Morgan fingerprint density at radius 1 is 1.10 bits per heavy atom. The molecule has 1 saturated heterocycles. The Kier molecular flexibility index (Phi) is 6.72. The standard InChI is InChI=1S/C20H23BrFN3O3S/c1-14-3-4-15(2)19(11-14)29(27,28)25-9-7-24(8-10-25)13-20(26)23-18-6-5-16(21)12-17(18)22/h3-6,11-12H,7-10,13H2,1-2H3,(H,23,26). The number of hydrogen-bond donors (Lipinski definition) is 1. The van der Waals surface area contributed by atoms with Crippen LogP contribution in [0.5, 0.6) is 0 Å². The van der Waals surface area contributed by atoms with Gasteiger partial charge in [0, 0.05) is 30.7 Å². The average molecular weight is 484 g/mol. The molecule has 29 heavy (non-hydrogen) atoms. The number of hydrogen-bond acceptors (Lipinski definition) is 4. The summed E-state index contributed by atoms with van der Waals surface area (Å²) < 4.78 is 41.9. The van der Waals surface area contributed by atoms with Gasteiger partial charge >= 0.3 is 0 Å². The van der Waals surface area contributed by atoms with Crippen molar-refractivity contribution in [3.8, 4) is 0 Å². The Morgan fingerprint density at radius 3 is 2.45 bits per heavy atom. The van der Waals surface area contributed by atoms with Gasteiger partial charge in [-0.25, -0.2) is 12.8 Å². The maximum Gasteiger partial charge on any atom is 0.243 e. The van der Waals surface area contributed by atoms with Gasteiger partial charge in [0.1, 0.15) is 5.82 Å². The molecule has 0 atom stereocenters. The molecule has 2 aromatic carbocycles. The molecule has 9 heteroatoms. The van der Waals surface area contributed by atoms with Gasteiger partial charge in [0.25, 0.3) is 0 Å². The van der Waals surface area contributed by atoms with Crippen molar-refractivity contribution in [3.05, 3.63) is 57.8 Å². The summed E-state index contributed by atoms with van der Waals surface area (Å²) in [5.74, 6) is -0.853. The van der Waals surface area contributed by atoms with Crippen molar-refractivity contribution >= 4 is 37.5 Å². The Labute approximate surface area is 178 Å². The predicted octanol–water partition coefficient (Wildman–Crippen LogP) is 3.15. The van der Waals surface area contributed by atoms with Crippen LogP contribution in [-0.4, -0.2) is 56.3 Å². The minimum absolute atomic E-state index is 0.0763. The highest BCUT2D eigenvalue weighted by atomic mass is 79.9. The van der Waals surface area contributed by atoms with E-state index in [0.717, 1.165) is 5.56 Å². The Bertz CT molecular complexity index is 1020. The maximum atomic E-state index is 13.9. The van der Waals surface area contributed by atoms with Crippen LogP contribution in [0.15, 0.2) is 45.8 Å². The smallest absolute Gasteiger partial charge is 0.243 e. The van der Waals surface area contributed by atoms with E-state index in [-0.39, 0.29) is 18.1 Å². The fourth-order valence-corrected chi connectivity index (χ4v) is 5.30. The van der Waals surface area contributed by atoms with Crippen LogP contribution in [0.3, 0.4) is 0 Å². The van der Waals surface area contributed by atoms with E-state index in [0.29, 0.717) is 41.1 Å². The van der Waals surface area contributed by atoms with Crippen LogP contribution >= 0.6 is 15.9 Å². The summed E-state index contributed by atoms with van der Waals surface area (Å²) in [6, 6.07) is 9.81. The molecule has 1 aliphatic rings. The molecule has 1 heterocycles. The summed E-state index contributed by atoms with van der Waals surface area (Å²) in [6.45, 7) is 5.19. The van der Waals surface area contributed by atoms with E-state index in [1.807, 2.05) is 24.0 Å². The molecule has 0 aromatic heterocycles. The fraction of sp³-hybridized carbons (Fsp3) is 0.350. The summed E-state index contributed by atoms with van der Waals surface area (Å²) in [6.07, 6.45) is 0. The molecule has 0 radical (unpaired) electrons. The number of carbonyl (C=O) groups is 1. The van der Waals surface area contributed by atoms with Crippen molar-refractivity contribution in [2.75, 3.05) is 38.0 Å². The number of sulfonamides is 1. The van der Waals surface area contributed by atoms with E-state index in [9.17, 15) is 17.6 Å². The Hall–Kier alpha value is -1.81. The summed E-state index contributed by atoms with van der Waals surface area (Å²) in [5, 5.41) is 2.56. The molecule has 2 aromatic rings. The van der Waals surface area contributed by atoms with E-state index in [1.54, 1.807) is 19.1 Å². The molecule has 3 rings (SSSR count). The Balaban J connectivity index is 1.58. The average Bonchev–Trinajstić information content (AvgIpc) is 2.66. The van der Waals surface area contributed by atoms with Crippen LogP contribution in [0.4, 0.5) is 10.1 Å². The summed E-state index contributed by atoms with van der Waals surface area (Å²) >= 11 is 3.17. The summed E-state index contributed by atoms with van der Waals surface area (Å²) in [4.78, 5) is 14.4. The van der Waals surface area contributed by atoms with Gasteiger partial charge in [-0.15, -0.1) is 0 Å². The maximum absolute atomic E-state index is 13.9. The molecule has 0 aliphatic carbocycles. The number of carbonyl (C=O) groups excluding carboxylic acids is 1. The number of amides is 1. The van der Waals surface area contributed by atoms with Crippen LogP contribution in [0.2, 0.25) is 0 Å². The second-order valence-electron chi connectivity index (χ2n) is 7.12. The molecule has 1 amide bonds. The third kappa shape index (κ3) is 5.22. The first kappa shape index (κ1) is 21.9. The monoisotopic (exact) mass is 483 g/mol. The molecular weight excluding hydrogens is 461 g/mol. The first-order valence-corrected chi connectivity index (χ1v) is 11.4. The molecule has 0 unspecified atom stereocenters. The van der Waals surface area contributed by atoms with Crippen molar-refractivity contribution in [1.82, 2.24) is 9.21 Å². The molecule has 0 bridgehead atoms. The first-order chi connectivity index (χ1) is 13.7. The number of benzene rings is 2. The number of piperazine rings is 1. The highest BCUT2D eigenvalue weighted by molar-refractivity contribution is 9.10. The highest BCUT2D eigenvalue weighted by Crippen LogP contribution is 2.23. The topological polar surface area (TPSA) is 69.7 Å². The normalized spacial score (nSPS) is 16.0. The predicted molar refractivity (Wildman–Crippen MR) is 114 cm³/mol. The van der Waals surface area contributed by atoms with Gasteiger partial charge in [-0.2, -0.15) is 4.31 Å². The van der Waals surface area contributed by atoms with Crippen LogP contribution < -0.4 is 5.32 Å². The second kappa shape index (κ2) is 8.91. The number of nitrogens with one attached hydrogen (secondary N) is 1. The zero-order valence-corrected chi connectivity index (χ0v) is 18.7. The minimum Gasteiger partial charge on any atom is -0.322 e. The molecular formula is C20H23BrFN3O3S. The third-order valence-electron chi connectivity index (χ3n) is 4.87. The number of anilines is 1. The zero-order valence-electron chi connectivity index (χ0n) is 16.3. The fourth-order valence-electron chi connectivity index (χ4n) is 3.24. The van der Waals surface area contributed by atoms with Crippen LogP contribution in [0.25, 0.3) is 0 Å². The van der Waals surface area contributed by atoms with E-state index in [1.165, 1.54) is 16.4 Å². The van der Waals surface area contributed by atoms with Crippen LogP contribution in [-0.2, 0) is 14.8 Å². The van der Waals surface area contributed by atoms with Gasteiger partial charge in [0.2, 0.25) is 15.9 Å². The minimum atomic E-state index is -3.57. The zero-order chi connectivity index (χ0) is 21.2. The van der Waals surface area contributed by atoms with Gasteiger partial charge in [-0.1, -0.05) is 28.1 Å². The lowest BCUT2D eigenvalue weighted by molar-refractivity contribution is -0.117. The lowest BCUT2D eigenvalue weighted by atomic mass is 10.2. The quantitative estimate of drug-likeness (QED) is 0.708. The first-order valence-electron chi connectivity index (χ1n) is 9.21. The molecule has 0 spiro atoms. The summed E-state index contributed by atoms with van der Waals surface area (Å²) in [5.41, 5.74) is 1.73. The van der Waals surface area contributed by atoms with Gasteiger partial charge in [0.15, 0.2) is 0 Å². The molecule has 1 fully saturated rings. The van der Waals surface area contributed by atoms with Gasteiger partial charge in [-0.05, 0) is 49.2 Å². The van der Waals surface area contributed by atoms with Gasteiger partial charge in [-0.3, -0.25) is 9.69 Å². The van der Waals surface area contributed by atoms with E-state index < -0.39 is 15.8 Å². The highest BCUT2D eigenvalue weighted by Gasteiger charge is 2.30. The third-order valence-corrected chi connectivity index (χ3v) is 7.40. The summed E-state index contributed by atoms with van der Waals surface area (Å²) in [7, 11) is -3.57.